The molecule has 0 radical (unpaired) electrons. The van der Waals surface area contributed by atoms with Crippen LogP contribution in [0.1, 0.15) is 13.3 Å². The molecule has 0 atom stereocenters. The average Bonchev–Trinajstić information content (AvgIpc) is 2.36. The molecule has 0 aliphatic carbocycles. The normalized spacial score (nSPS) is 10.1. The van der Waals surface area contributed by atoms with Crippen molar-refractivity contribution in [1.29, 1.82) is 0 Å². The van der Waals surface area contributed by atoms with Gasteiger partial charge in [0.1, 0.15) is 0 Å². The van der Waals surface area contributed by atoms with Crippen LogP contribution in [-0.4, -0.2) is 35.0 Å². The van der Waals surface area contributed by atoms with Crippen LogP contribution in [0.3, 0.4) is 0 Å². The van der Waals surface area contributed by atoms with E-state index in [0.717, 1.165) is 5.69 Å². The second kappa shape index (κ2) is 7.76. The van der Waals surface area contributed by atoms with Crippen LogP contribution in [-0.2, 0) is 9.59 Å². The standard InChI is InChI=1S/C13H17NO3S/c1-2-14(11-6-4-3-5-7-11)12(15)10-18-9-8-13(16)17/h3-7H,2,8-10H2,1H3,(H,16,17). The Morgan fingerprint density at radius 1 is 1.28 bits per heavy atom. The summed E-state index contributed by atoms with van der Waals surface area (Å²) in [4.78, 5) is 24.0. The molecule has 0 fully saturated rings. The fourth-order valence-electron chi connectivity index (χ4n) is 1.51. The monoisotopic (exact) mass is 267 g/mol. The van der Waals surface area contributed by atoms with E-state index in [1.54, 1.807) is 4.90 Å². The predicted octanol–water partition coefficient (Wildman–Crippen LogP) is 2.25. The number of rotatable bonds is 7. The highest BCUT2D eigenvalue weighted by atomic mass is 32.2. The summed E-state index contributed by atoms with van der Waals surface area (Å²) in [6.07, 6.45) is 0.0927. The Kier molecular flexibility index (Phi) is 6.28. The summed E-state index contributed by atoms with van der Waals surface area (Å²) in [5.41, 5.74) is 0.879. The maximum Gasteiger partial charge on any atom is 0.304 e. The van der Waals surface area contributed by atoms with Gasteiger partial charge >= 0.3 is 5.97 Å². The molecule has 18 heavy (non-hydrogen) atoms. The first-order valence-electron chi connectivity index (χ1n) is 5.80. The minimum absolute atomic E-state index is 0.0130. The molecule has 0 spiro atoms. The van der Waals surface area contributed by atoms with Crippen molar-refractivity contribution in [3.05, 3.63) is 30.3 Å². The Bertz CT molecular complexity index is 394. The average molecular weight is 267 g/mol. The molecule has 0 saturated carbocycles. The third kappa shape index (κ3) is 4.79. The van der Waals surface area contributed by atoms with Gasteiger partial charge in [0.25, 0.3) is 0 Å². The molecule has 1 rings (SSSR count). The third-order valence-electron chi connectivity index (χ3n) is 2.37. The SMILES string of the molecule is CCN(C(=O)CSCCC(=O)O)c1ccccc1. The molecule has 0 bridgehead atoms. The van der Waals surface area contributed by atoms with Gasteiger partial charge < -0.3 is 10.0 Å². The van der Waals surface area contributed by atoms with Gasteiger partial charge in [-0.05, 0) is 19.1 Å². The van der Waals surface area contributed by atoms with Gasteiger partial charge in [-0.1, -0.05) is 18.2 Å². The number of nitrogens with zero attached hydrogens (tertiary/aromatic N) is 1. The number of thioether (sulfide) groups is 1. The van der Waals surface area contributed by atoms with E-state index in [-0.39, 0.29) is 12.3 Å². The Hall–Kier alpha value is -1.49. The molecule has 1 amide bonds. The maximum absolute atomic E-state index is 12.0. The molecule has 1 aromatic rings. The number of carboxylic acids is 1. The van der Waals surface area contributed by atoms with Crippen LogP contribution in [0, 0.1) is 0 Å². The van der Waals surface area contributed by atoms with E-state index in [2.05, 4.69) is 0 Å². The van der Waals surface area contributed by atoms with Crippen molar-refractivity contribution >= 4 is 29.3 Å². The van der Waals surface area contributed by atoms with Crippen LogP contribution < -0.4 is 4.90 Å². The van der Waals surface area contributed by atoms with E-state index < -0.39 is 5.97 Å². The number of benzene rings is 1. The lowest BCUT2D eigenvalue weighted by molar-refractivity contribution is -0.136. The van der Waals surface area contributed by atoms with Gasteiger partial charge in [0, 0.05) is 18.0 Å². The van der Waals surface area contributed by atoms with Gasteiger partial charge in [-0.3, -0.25) is 9.59 Å². The topological polar surface area (TPSA) is 57.6 Å². The summed E-state index contributed by atoms with van der Waals surface area (Å²) in [5.74, 6) is -0.0341. The summed E-state index contributed by atoms with van der Waals surface area (Å²) >= 11 is 1.36. The number of hydrogen-bond donors (Lipinski definition) is 1. The van der Waals surface area contributed by atoms with Gasteiger partial charge in [-0.25, -0.2) is 0 Å². The number of aliphatic carboxylic acids is 1. The molecule has 1 N–H and O–H groups in total. The summed E-state index contributed by atoms with van der Waals surface area (Å²) in [5, 5.41) is 8.50. The lowest BCUT2D eigenvalue weighted by Gasteiger charge is -2.20. The molecular weight excluding hydrogens is 250 g/mol. The smallest absolute Gasteiger partial charge is 0.304 e. The number of carbonyl (C=O) groups excluding carboxylic acids is 1. The Morgan fingerprint density at radius 2 is 1.94 bits per heavy atom. The zero-order valence-corrected chi connectivity index (χ0v) is 11.2. The van der Waals surface area contributed by atoms with Crippen LogP contribution >= 0.6 is 11.8 Å². The zero-order valence-electron chi connectivity index (χ0n) is 10.3. The van der Waals surface area contributed by atoms with Gasteiger partial charge in [0.05, 0.1) is 12.2 Å². The van der Waals surface area contributed by atoms with E-state index in [4.69, 9.17) is 5.11 Å². The van der Waals surface area contributed by atoms with Gasteiger partial charge in [0.2, 0.25) is 5.91 Å². The first-order valence-corrected chi connectivity index (χ1v) is 6.95. The van der Waals surface area contributed by atoms with Crippen molar-refractivity contribution in [2.45, 2.75) is 13.3 Å². The van der Waals surface area contributed by atoms with Crippen molar-refractivity contribution in [3.63, 3.8) is 0 Å². The second-order valence-electron chi connectivity index (χ2n) is 3.67. The highest BCUT2D eigenvalue weighted by molar-refractivity contribution is 7.99. The van der Waals surface area contributed by atoms with Gasteiger partial charge in [-0.2, -0.15) is 11.8 Å². The van der Waals surface area contributed by atoms with E-state index in [1.807, 2.05) is 37.3 Å². The second-order valence-corrected chi connectivity index (χ2v) is 4.78. The highest BCUT2D eigenvalue weighted by Crippen LogP contribution is 2.15. The van der Waals surface area contributed by atoms with E-state index in [0.29, 0.717) is 18.1 Å². The van der Waals surface area contributed by atoms with Crippen molar-refractivity contribution in [2.24, 2.45) is 0 Å². The first-order chi connectivity index (χ1) is 8.65. The maximum atomic E-state index is 12.0. The molecule has 0 unspecified atom stereocenters. The fraction of sp³-hybridized carbons (Fsp3) is 0.385. The molecule has 4 nitrogen and oxygen atoms in total. The Labute approximate surface area is 111 Å². The third-order valence-corrected chi connectivity index (χ3v) is 3.31. The lowest BCUT2D eigenvalue weighted by Crippen LogP contribution is -2.32. The molecule has 0 aliphatic heterocycles. The first kappa shape index (κ1) is 14.6. The summed E-state index contributed by atoms with van der Waals surface area (Å²) in [7, 11) is 0. The highest BCUT2D eigenvalue weighted by Gasteiger charge is 2.13. The van der Waals surface area contributed by atoms with Crippen molar-refractivity contribution in [1.82, 2.24) is 0 Å². The number of hydrogen-bond acceptors (Lipinski definition) is 3. The van der Waals surface area contributed by atoms with Crippen molar-refractivity contribution in [2.75, 3.05) is 23.0 Å². The van der Waals surface area contributed by atoms with Crippen LogP contribution in [0.25, 0.3) is 0 Å². The van der Waals surface area contributed by atoms with Crippen molar-refractivity contribution in [3.8, 4) is 0 Å². The largest absolute Gasteiger partial charge is 0.481 e. The molecule has 5 heteroatoms. The summed E-state index contributed by atoms with van der Waals surface area (Å²) in [6, 6.07) is 9.47. The van der Waals surface area contributed by atoms with Crippen LogP contribution in [0.5, 0.6) is 0 Å². The molecule has 0 saturated heterocycles. The van der Waals surface area contributed by atoms with E-state index in [1.165, 1.54) is 11.8 Å². The predicted molar refractivity (Wildman–Crippen MR) is 74.0 cm³/mol. The number of carbonyl (C=O) groups is 2. The molecule has 1 aromatic carbocycles. The Morgan fingerprint density at radius 3 is 2.50 bits per heavy atom. The minimum Gasteiger partial charge on any atom is -0.481 e. The molecular formula is C13H17NO3S. The van der Waals surface area contributed by atoms with Crippen LogP contribution in [0.2, 0.25) is 0 Å². The Balaban J connectivity index is 2.46. The number of amides is 1. The van der Waals surface area contributed by atoms with Crippen LogP contribution in [0.4, 0.5) is 5.69 Å². The molecule has 0 aromatic heterocycles. The number of para-hydroxylation sites is 1. The van der Waals surface area contributed by atoms with Gasteiger partial charge in [-0.15, -0.1) is 0 Å². The quantitative estimate of drug-likeness (QED) is 0.770. The molecule has 0 aliphatic rings. The number of anilines is 1. The van der Waals surface area contributed by atoms with Crippen LogP contribution in [0.15, 0.2) is 30.3 Å². The van der Waals surface area contributed by atoms with Crippen molar-refractivity contribution < 1.29 is 14.7 Å². The fourth-order valence-corrected chi connectivity index (χ4v) is 2.30. The molecule has 0 heterocycles. The number of carboxylic acid groups (broad SMARTS) is 1. The van der Waals surface area contributed by atoms with Gasteiger partial charge in [0.15, 0.2) is 0 Å². The lowest BCUT2D eigenvalue weighted by atomic mass is 10.3. The summed E-state index contributed by atoms with van der Waals surface area (Å²) in [6.45, 7) is 2.54. The summed E-state index contributed by atoms with van der Waals surface area (Å²) < 4.78 is 0. The molecule has 98 valence electrons. The minimum atomic E-state index is -0.828. The van der Waals surface area contributed by atoms with E-state index in [9.17, 15) is 9.59 Å². The zero-order chi connectivity index (χ0) is 13.4. The van der Waals surface area contributed by atoms with E-state index >= 15 is 0 Å².